The van der Waals surface area contributed by atoms with Gasteiger partial charge in [-0.1, -0.05) is 0 Å². The van der Waals surface area contributed by atoms with Gasteiger partial charge >= 0.3 is 0 Å². The predicted octanol–water partition coefficient (Wildman–Crippen LogP) is 1.77. The molecule has 1 aromatic rings. The molecule has 0 radical (unpaired) electrons. The molecule has 0 aliphatic carbocycles. The third kappa shape index (κ3) is 1.50. The minimum atomic E-state index is -0.459. The van der Waals surface area contributed by atoms with Gasteiger partial charge in [-0.3, -0.25) is 10.1 Å². The molecule has 1 rings (SSSR count). The van der Waals surface area contributed by atoms with E-state index in [4.69, 9.17) is 5.73 Å². The van der Waals surface area contributed by atoms with E-state index in [-0.39, 0.29) is 5.69 Å². The van der Waals surface area contributed by atoms with Crippen LogP contribution in [0.2, 0.25) is 0 Å². The average Bonchev–Trinajstić information content (AvgIpc) is 1.96. The fraction of sp³-hybridized carbons (Fsp3) is 0.143. The molecule has 0 aliphatic rings. The highest BCUT2D eigenvalue weighted by molar-refractivity contribution is 7.80. The summed E-state index contributed by atoms with van der Waals surface area (Å²) in [6.07, 6.45) is 0. The average molecular weight is 184 g/mol. The van der Waals surface area contributed by atoms with Gasteiger partial charge in [0.2, 0.25) is 0 Å². The molecule has 0 aliphatic heterocycles. The van der Waals surface area contributed by atoms with Crippen molar-refractivity contribution in [3.63, 3.8) is 0 Å². The first kappa shape index (κ1) is 8.86. The molecular weight excluding hydrogens is 176 g/mol. The maximum atomic E-state index is 10.4. The van der Waals surface area contributed by atoms with Gasteiger partial charge in [-0.25, -0.2) is 0 Å². The van der Waals surface area contributed by atoms with Crippen molar-refractivity contribution < 1.29 is 4.92 Å². The van der Waals surface area contributed by atoms with E-state index in [1.54, 1.807) is 13.0 Å². The van der Waals surface area contributed by atoms with Crippen molar-refractivity contribution in [1.82, 2.24) is 0 Å². The SMILES string of the molecule is Cc1cc(S)c(N)cc1[N+](=O)[O-]. The largest absolute Gasteiger partial charge is 0.398 e. The van der Waals surface area contributed by atoms with Gasteiger partial charge in [-0.05, 0) is 13.0 Å². The highest BCUT2D eigenvalue weighted by Gasteiger charge is 2.11. The third-order valence-electron chi connectivity index (χ3n) is 1.54. The summed E-state index contributed by atoms with van der Waals surface area (Å²) < 4.78 is 0. The monoisotopic (exact) mass is 184 g/mol. The quantitative estimate of drug-likeness (QED) is 0.302. The topological polar surface area (TPSA) is 69.2 Å². The van der Waals surface area contributed by atoms with E-state index in [1.807, 2.05) is 0 Å². The first-order chi connectivity index (χ1) is 5.52. The van der Waals surface area contributed by atoms with Crippen molar-refractivity contribution in [2.45, 2.75) is 11.8 Å². The summed E-state index contributed by atoms with van der Waals surface area (Å²) in [7, 11) is 0. The molecule has 1 aromatic carbocycles. The van der Waals surface area contributed by atoms with Crippen molar-refractivity contribution in [2.75, 3.05) is 5.73 Å². The molecule has 0 amide bonds. The van der Waals surface area contributed by atoms with E-state index < -0.39 is 4.92 Å². The van der Waals surface area contributed by atoms with Crippen LogP contribution in [0.5, 0.6) is 0 Å². The number of nitrogen functional groups attached to an aromatic ring is 1. The highest BCUT2D eigenvalue weighted by atomic mass is 32.1. The standard InChI is InChI=1S/C7H8N2O2S/c1-4-2-7(12)5(8)3-6(4)9(10)11/h2-3,12H,8H2,1H3. The summed E-state index contributed by atoms with van der Waals surface area (Å²) in [6.45, 7) is 1.65. The van der Waals surface area contributed by atoms with E-state index in [9.17, 15) is 10.1 Å². The minimum Gasteiger partial charge on any atom is -0.398 e. The van der Waals surface area contributed by atoms with Gasteiger partial charge in [0.05, 0.1) is 10.6 Å². The Morgan fingerprint density at radius 1 is 1.58 bits per heavy atom. The Kier molecular flexibility index (Phi) is 2.23. The second kappa shape index (κ2) is 3.02. The maximum absolute atomic E-state index is 10.4. The third-order valence-corrected chi connectivity index (χ3v) is 1.93. The van der Waals surface area contributed by atoms with Crippen LogP contribution in [-0.2, 0) is 0 Å². The van der Waals surface area contributed by atoms with Crippen LogP contribution in [-0.4, -0.2) is 4.92 Å². The second-order valence-corrected chi connectivity index (χ2v) is 2.94. The molecule has 0 aromatic heterocycles. The van der Waals surface area contributed by atoms with Gasteiger partial charge in [0.15, 0.2) is 0 Å². The fourth-order valence-electron chi connectivity index (χ4n) is 0.894. The van der Waals surface area contributed by atoms with Gasteiger partial charge < -0.3 is 5.73 Å². The molecule has 12 heavy (non-hydrogen) atoms. The summed E-state index contributed by atoms with van der Waals surface area (Å²) in [5.41, 5.74) is 6.38. The van der Waals surface area contributed by atoms with Crippen LogP contribution in [0.4, 0.5) is 11.4 Å². The van der Waals surface area contributed by atoms with E-state index >= 15 is 0 Å². The molecular formula is C7H8N2O2S. The molecule has 64 valence electrons. The summed E-state index contributed by atoms with van der Waals surface area (Å²) >= 11 is 4.04. The van der Waals surface area contributed by atoms with Crippen LogP contribution in [0.25, 0.3) is 0 Å². The molecule has 5 heteroatoms. The lowest BCUT2D eigenvalue weighted by molar-refractivity contribution is -0.385. The van der Waals surface area contributed by atoms with Crippen molar-refractivity contribution >= 4 is 24.0 Å². The Morgan fingerprint density at radius 2 is 2.17 bits per heavy atom. The number of nitrogens with two attached hydrogens (primary N) is 1. The number of hydrogen-bond acceptors (Lipinski definition) is 4. The van der Waals surface area contributed by atoms with Crippen LogP contribution in [0.15, 0.2) is 17.0 Å². The number of hydrogen-bond donors (Lipinski definition) is 2. The molecule has 0 saturated carbocycles. The van der Waals surface area contributed by atoms with E-state index in [0.29, 0.717) is 16.1 Å². The van der Waals surface area contributed by atoms with Crippen LogP contribution in [0.3, 0.4) is 0 Å². The minimum absolute atomic E-state index is 0.0327. The fourth-order valence-corrected chi connectivity index (χ4v) is 1.15. The van der Waals surface area contributed by atoms with Crippen molar-refractivity contribution in [3.8, 4) is 0 Å². The molecule has 0 unspecified atom stereocenters. The summed E-state index contributed by atoms with van der Waals surface area (Å²) in [5, 5.41) is 10.4. The lowest BCUT2D eigenvalue weighted by atomic mass is 10.2. The maximum Gasteiger partial charge on any atom is 0.274 e. The Morgan fingerprint density at radius 3 is 2.67 bits per heavy atom. The zero-order chi connectivity index (χ0) is 9.30. The Balaban J connectivity index is 3.33. The van der Waals surface area contributed by atoms with Crippen LogP contribution < -0.4 is 5.73 Å². The second-order valence-electron chi connectivity index (χ2n) is 2.45. The van der Waals surface area contributed by atoms with Gasteiger partial charge in [-0.2, -0.15) is 0 Å². The van der Waals surface area contributed by atoms with E-state index in [1.165, 1.54) is 6.07 Å². The number of nitro benzene ring substituents is 1. The number of rotatable bonds is 1. The van der Waals surface area contributed by atoms with Crippen LogP contribution in [0.1, 0.15) is 5.56 Å². The molecule has 0 heterocycles. The van der Waals surface area contributed by atoms with Crippen LogP contribution in [0, 0.1) is 17.0 Å². The molecule has 4 nitrogen and oxygen atoms in total. The smallest absolute Gasteiger partial charge is 0.274 e. The summed E-state index contributed by atoms with van der Waals surface area (Å²) in [6, 6.07) is 2.90. The predicted molar refractivity (Wildman–Crippen MR) is 49.5 cm³/mol. The molecule has 0 atom stereocenters. The zero-order valence-corrected chi connectivity index (χ0v) is 7.34. The Hall–Kier alpha value is -1.23. The van der Waals surface area contributed by atoms with E-state index in [0.717, 1.165) is 0 Å². The number of thiol groups is 1. The van der Waals surface area contributed by atoms with Gasteiger partial charge in [0.1, 0.15) is 0 Å². The number of anilines is 1. The molecule has 0 spiro atoms. The Labute approximate surface area is 74.9 Å². The number of nitrogens with zero attached hydrogens (tertiary/aromatic N) is 1. The van der Waals surface area contributed by atoms with E-state index in [2.05, 4.69) is 12.6 Å². The normalized spacial score (nSPS) is 9.83. The highest BCUT2D eigenvalue weighted by Crippen LogP contribution is 2.26. The Bertz CT molecular complexity index is 338. The first-order valence-electron chi connectivity index (χ1n) is 3.26. The number of aryl methyl sites for hydroxylation is 1. The summed E-state index contributed by atoms with van der Waals surface area (Å²) in [5.74, 6) is 0. The molecule has 0 fully saturated rings. The van der Waals surface area contributed by atoms with Crippen molar-refractivity contribution in [1.29, 1.82) is 0 Å². The number of benzene rings is 1. The van der Waals surface area contributed by atoms with Gasteiger partial charge in [0.25, 0.3) is 5.69 Å². The molecule has 2 N–H and O–H groups in total. The lowest BCUT2D eigenvalue weighted by Gasteiger charge is -2.01. The lowest BCUT2D eigenvalue weighted by Crippen LogP contribution is -1.95. The van der Waals surface area contributed by atoms with Gasteiger partial charge in [0, 0.05) is 16.5 Å². The number of nitro groups is 1. The molecule has 0 bridgehead atoms. The first-order valence-corrected chi connectivity index (χ1v) is 3.70. The van der Waals surface area contributed by atoms with Crippen molar-refractivity contribution in [2.24, 2.45) is 0 Å². The van der Waals surface area contributed by atoms with Crippen molar-refractivity contribution in [3.05, 3.63) is 27.8 Å². The van der Waals surface area contributed by atoms with Crippen LogP contribution >= 0.6 is 12.6 Å². The van der Waals surface area contributed by atoms with Gasteiger partial charge in [-0.15, -0.1) is 12.6 Å². The summed E-state index contributed by atoms with van der Waals surface area (Å²) in [4.78, 5) is 10.5. The zero-order valence-electron chi connectivity index (χ0n) is 6.44. The molecule has 0 saturated heterocycles.